The van der Waals surface area contributed by atoms with Crippen molar-refractivity contribution in [3.8, 4) is 5.88 Å². The van der Waals surface area contributed by atoms with Crippen molar-refractivity contribution in [2.75, 3.05) is 25.5 Å². The molecule has 1 fully saturated rings. The van der Waals surface area contributed by atoms with Crippen LogP contribution in [0.5, 0.6) is 5.88 Å². The van der Waals surface area contributed by atoms with Crippen LogP contribution in [0.2, 0.25) is 0 Å². The van der Waals surface area contributed by atoms with Gasteiger partial charge in [-0.15, -0.1) is 0 Å². The first kappa shape index (κ1) is 20.5. The number of hydrogen-bond acceptors (Lipinski definition) is 8. The summed E-state index contributed by atoms with van der Waals surface area (Å²) >= 11 is 0. The van der Waals surface area contributed by atoms with Crippen molar-refractivity contribution < 1.29 is 27.8 Å². The molecule has 1 amide bonds. The van der Waals surface area contributed by atoms with E-state index in [1.165, 1.54) is 18.5 Å². The van der Waals surface area contributed by atoms with Gasteiger partial charge in [0.2, 0.25) is 5.88 Å². The number of aromatic nitrogens is 3. The smallest absolute Gasteiger partial charge is 0.388 e. The number of anilines is 1. The van der Waals surface area contributed by atoms with Crippen LogP contribution in [0.25, 0.3) is 10.9 Å². The average molecular weight is 443 g/mol. The van der Waals surface area contributed by atoms with E-state index in [1.807, 2.05) is 0 Å². The van der Waals surface area contributed by atoms with Crippen LogP contribution < -0.4 is 10.5 Å². The van der Waals surface area contributed by atoms with Gasteiger partial charge in [0.25, 0.3) is 5.91 Å². The summed E-state index contributed by atoms with van der Waals surface area (Å²) in [5.74, 6) is -0.0686. The average Bonchev–Trinajstić information content (AvgIpc) is 3.30. The van der Waals surface area contributed by atoms with E-state index in [-0.39, 0.29) is 24.1 Å². The molecule has 1 saturated heterocycles. The van der Waals surface area contributed by atoms with Gasteiger partial charge in [-0.05, 0) is 23.3 Å². The lowest BCUT2D eigenvalue weighted by Crippen LogP contribution is -2.43. The molecule has 0 unspecified atom stereocenters. The van der Waals surface area contributed by atoms with E-state index in [2.05, 4.69) is 19.7 Å². The molecule has 2 aliphatic rings. The van der Waals surface area contributed by atoms with Gasteiger partial charge in [0.05, 0.1) is 44.2 Å². The number of alkyl halides is 2. The fourth-order valence-electron chi connectivity index (χ4n) is 4.01. The Labute approximate surface area is 181 Å². The minimum Gasteiger partial charge on any atom is -0.417 e. The molecule has 11 heteroatoms. The molecule has 2 N–H and O–H groups in total. The maximum Gasteiger partial charge on any atom is 0.388 e. The molecule has 1 atom stereocenters. The Kier molecular flexibility index (Phi) is 5.27. The largest absolute Gasteiger partial charge is 0.417 e. The van der Waals surface area contributed by atoms with E-state index in [0.29, 0.717) is 43.3 Å². The lowest BCUT2D eigenvalue weighted by atomic mass is 10.0. The molecule has 0 radical (unpaired) electrons. The Morgan fingerprint density at radius 3 is 2.81 bits per heavy atom. The molecule has 9 nitrogen and oxygen atoms in total. The number of nitrogens with two attached hydrogens (primary N) is 1. The Morgan fingerprint density at radius 1 is 1.19 bits per heavy atom. The quantitative estimate of drug-likeness (QED) is 0.654. The fourth-order valence-corrected chi connectivity index (χ4v) is 4.01. The van der Waals surface area contributed by atoms with Crippen molar-refractivity contribution in [3.05, 3.63) is 53.0 Å². The van der Waals surface area contributed by atoms with Crippen LogP contribution >= 0.6 is 0 Å². The molecule has 5 heterocycles. The van der Waals surface area contributed by atoms with Crippen LogP contribution in [0.15, 0.2) is 30.6 Å². The molecule has 3 aromatic rings. The van der Waals surface area contributed by atoms with Gasteiger partial charge in [0.1, 0.15) is 11.5 Å². The Morgan fingerprint density at radius 2 is 2.03 bits per heavy atom. The van der Waals surface area contributed by atoms with Crippen LogP contribution in [-0.2, 0) is 22.7 Å². The van der Waals surface area contributed by atoms with Crippen molar-refractivity contribution in [1.29, 1.82) is 0 Å². The van der Waals surface area contributed by atoms with Gasteiger partial charge < -0.3 is 24.8 Å². The first-order valence-corrected chi connectivity index (χ1v) is 9.95. The van der Waals surface area contributed by atoms with E-state index in [9.17, 15) is 13.6 Å². The third kappa shape index (κ3) is 3.69. The number of morpholine rings is 1. The summed E-state index contributed by atoms with van der Waals surface area (Å²) in [6, 6.07) is 4.20. The predicted octanol–water partition coefficient (Wildman–Crippen LogP) is 2.45. The number of nitrogens with zero attached hydrogens (tertiary/aromatic N) is 4. The Hall–Kier alpha value is -3.44. The summed E-state index contributed by atoms with van der Waals surface area (Å²) in [6.07, 6.45) is 2.94. The molecule has 5 rings (SSSR count). The van der Waals surface area contributed by atoms with Gasteiger partial charge in [-0.25, -0.2) is 15.0 Å². The molecular formula is C21H19F2N5O4. The molecular weight excluding hydrogens is 424 g/mol. The summed E-state index contributed by atoms with van der Waals surface area (Å²) in [6.45, 7) is -1.21. The van der Waals surface area contributed by atoms with Gasteiger partial charge in [0, 0.05) is 29.8 Å². The summed E-state index contributed by atoms with van der Waals surface area (Å²) < 4.78 is 40.1. The highest BCUT2D eigenvalue weighted by Crippen LogP contribution is 2.32. The minimum absolute atomic E-state index is 0.197. The zero-order valence-electron chi connectivity index (χ0n) is 16.8. The van der Waals surface area contributed by atoms with Crippen LogP contribution in [0.4, 0.5) is 14.6 Å². The standard InChI is InChI=1S/C21H19F2N5O4/c22-21(23)32-18-2-1-11(6-26-18)17-10-30-4-3-28(17)20(29)15-5-12-13-8-31-9-14(13)19(24)27-16(12)7-25-15/h1-2,5-7,17,21H,3-4,8-10H2,(H2,24,27)/t17-/m0/s1. The van der Waals surface area contributed by atoms with Crippen molar-refractivity contribution in [1.82, 2.24) is 19.9 Å². The maximum absolute atomic E-state index is 13.4. The number of amides is 1. The van der Waals surface area contributed by atoms with E-state index in [4.69, 9.17) is 15.2 Å². The first-order valence-electron chi connectivity index (χ1n) is 9.95. The lowest BCUT2D eigenvalue weighted by Gasteiger charge is -2.35. The molecule has 166 valence electrons. The number of fused-ring (bicyclic) bond motifs is 3. The van der Waals surface area contributed by atoms with Gasteiger partial charge >= 0.3 is 6.61 Å². The highest BCUT2D eigenvalue weighted by Gasteiger charge is 2.31. The van der Waals surface area contributed by atoms with Crippen LogP contribution in [0.3, 0.4) is 0 Å². The third-order valence-electron chi connectivity index (χ3n) is 5.58. The summed E-state index contributed by atoms with van der Waals surface area (Å²) in [5.41, 5.74) is 9.26. The van der Waals surface area contributed by atoms with Crippen molar-refractivity contribution in [2.24, 2.45) is 0 Å². The van der Waals surface area contributed by atoms with Crippen molar-refractivity contribution >= 4 is 22.6 Å². The van der Waals surface area contributed by atoms with Crippen LogP contribution in [-0.4, -0.2) is 52.1 Å². The molecule has 2 aliphatic heterocycles. The van der Waals surface area contributed by atoms with E-state index in [0.717, 1.165) is 16.5 Å². The summed E-state index contributed by atoms with van der Waals surface area (Å²) in [5, 5.41) is 0.782. The molecule has 3 aromatic heterocycles. The van der Waals surface area contributed by atoms with Gasteiger partial charge in [0.15, 0.2) is 0 Å². The second kappa shape index (κ2) is 8.24. The van der Waals surface area contributed by atoms with Gasteiger partial charge in [-0.3, -0.25) is 4.79 Å². The topological polar surface area (TPSA) is 113 Å². The number of hydrogen-bond donors (Lipinski definition) is 1. The van der Waals surface area contributed by atoms with Crippen molar-refractivity contribution in [3.63, 3.8) is 0 Å². The highest BCUT2D eigenvalue weighted by molar-refractivity contribution is 5.97. The zero-order chi connectivity index (χ0) is 22.2. The molecule has 0 bridgehead atoms. The monoisotopic (exact) mass is 443 g/mol. The number of pyridine rings is 3. The second-order valence-corrected chi connectivity index (χ2v) is 7.43. The second-order valence-electron chi connectivity index (χ2n) is 7.43. The van der Waals surface area contributed by atoms with Gasteiger partial charge in [-0.2, -0.15) is 8.78 Å². The molecule has 0 aliphatic carbocycles. The summed E-state index contributed by atoms with van der Waals surface area (Å²) in [7, 11) is 0. The molecule has 0 spiro atoms. The van der Waals surface area contributed by atoms with E-state index >= 15 is 0 Å². The number of rotatable bonds is 4. The zero-order valence-corrected chi connectivity index (χ0v) is 16.8. The number of carbonyl (C=O) groups is 1. The number of ether oxygens (including phenoxy) is 3. The highest BCUT2D eigenvalue weighted by atomic mass is 19.3. The molecule has 0 saturated carbocycles. The maximum atomic E-state index is 13.4. The first-order chi connectivity index (χ1) is 15.5. The molecule has 32 heavy (non-hydrogen) atoms. The summed E-state index contributed by atoms with van der Waals surface area (Å²) in [4.78, 5) is 27.6. The normalized spacial score (nSPS) is 18.2. The van der Waals surface area contributed by atoms with E-state index < -0.39 is 12.7 Å². The number of carbonyl (C=O) groups excluding carboxylic acids is 1. The van der Waals surface area contributed by atoms with Crippen molar-refractivity contribution in [2.45, 2.75) is 25.9 Å². The Balaban J connectivity index is 1.45. The SMILES string of the molecule is Nc1nc2cnc(C(=O)N3CCOC[C@H]3c3ccc(OC(F)F)nc3)cc2c2c1COC2. The van der Waals surface area contributed by atoms with E-state index in [1.54, 1.807) is 17.0 Å². The third-order valence-corrected chi connectivity index (χ3v) is 5.58. The predicted molar refractivity (Wildman–Crippen MR) is 108 cm³/mol. The van der Waals surface area contributed by atoms with Crippen LogP contribution in [0, 0.1) is 0 Å². The molecule has 0 aromatic carbocycles. The lowest BCUT2D eigenvalue weighted by molar-refractivity contribution is -0.0529. The fraction of sp³-hybridized carbons (Fsp3) is 0.333. The number of nitrogen functional groups attached to an aromatic ring is 1. The van der Waals surface area contributed by atoms with Gasteiger partial charge in [-0.1, -0.05) is 0 Å². The van der Waals surface area contributed by atoms with Crippen LogP contribution in [0.1, 0.15) is 33.2 Å². The number of halogens is 2. The minimum atomic E-state index is -2.96. The Bertz CT molecular complexity index is 1180.